The first kappa shape index (κ1) is 17.4. The number of carbonyl (C=O) groups excluding carboxylic acids is 1. The van der Waals surface area contributed by atoms with E-state index in [0.29, 0.717) is 19.0 Å². The number of aromatic nitrogens is 4. The average molecular weight is 356 g/mol. The standard InChI is InChI=1S/C19H28N6O/c1-14(26)20-10-12-25-19-18(21-8-9-22-19)17(23-25)15-7-11-24(13-15)16-5-3-2-4-6-16/h8-9,15-16H,2-7,10-13H2,1H3,(H,20,26)/t15-/m1/s1. The number of fused-ring (bicyclic) bond motifs is 1. The molecule has 0 bridgehead atoms. The van der Waals surface area contributed by atoms with E-state index in [0.717, 1.165) is 42.4 Å². The number of nitrogens with zero attached hydrogens (tertiary/aromatic N) is 5. The van der Waals surface area contributed by atoms with Crippen LogP contribution in [0.4, 0.5) is 0 Å². The quantitative estimate of drug-likeness (QED) is 0.888. The Balaban J connectivity index is 1.52. The molecule has 3 heterocycles. The maximum Gasteiger partial charge on any atom is 0.216 e. The van der Waals surface area contributed by atoms with Crippen molar-refractivity contribution >= 4 is 17.1 Å². The van der Waals surface area contributed by atoms with Crippen LogP contribution < -0.4 is 5.32 Å². The summed E-state index contributed by atoms with van der Waals surface area (Å²) in [6.07, 6.45) is 11.4. The minimum atomic E-state index is -0.0216. The van der Waals surface area contributed by atoms with Crippen LogP contribution in [0.3, 0.4) is 0 Å². The van der Waals surface area contributed by atoms with Crippen molar-refractivity contribution in [3.63, 3.8) is 0 Å². The Morgan fingerprint density at radius 3 is 2.81 bits per heavy atom. The highest BCUT2D eigenvalue weighted by Gasteiger charge is 2.32. The number of nitrogens with one attached hydrogen (secondary N) is 1. The maximum atomic E-state index is 11.1. The first-order valence-corrected chi connectivity index (χ1v) is 9.88. The minimum absolute atomic E-state index is 0.0216. The van der Waals surface area contributed by atoms with Gasteiger partial charge in [0.2, 0.25) is 5.91 Å². The smallest absolute Gasteiger partial charge is 0.216 e. The Labute approximate surface area is 154 Å². The molecule has 7 heteroatoms. The van der Waals surface area contributed by atoms with Crippen molar-refractivity contribution in [2.24, 2.45) is 0 Å². The van der Waals surface area contributed by atoms with Crippen molar-refractivity contribution in [3.8, 4) is 0 Å². The second kappa shape index (κ2) is 7.70. The number of likely N-dealkylation sites (tertiary alicyclic amines) is 1. The fourth-order valence-corrected chi connectivity index (χ4v) is 4.48. The van der Waals surface area contributed by atoms with Crippen molar-refractivity contribution < 1.29 is 4.79 Å². The second-order valence-corrected chi connectivity index (χ2v) is 7.59. The van der Waals surface area contributed by atoms with Gasteiger partial charge in [0.05, 0.1) is 12.2 Å². The molecule has 1 N–H and O–H groups in total. The van der Waals surface area contributed by atoms with E-state index in [1.807, 2.05) is 4.68 Å². The fraction of sp³-hybridized carbons (Fsp3) is 0.684. The highest BCUT2D eigenvalue weighted by atomic mass is 16.1. The number of hydrogen-bond acceptors (Lipinski definition) is 5. The molecule has 1 atom stereocenters. The van der Waals surface area contributed by atoms with E-state index in [-0.39, 0.29) is 5.91 Å². The zero-order valence-corrected chi connectivity index (χ0v) is 15.5. The Hall–Kier alpha value is -2.02. The largest absolute Gasteiger partial charge is 0.354 e. The van der Waals surface area contributed by atoms with Gasteiger partial charge in [-0.05, 0) is 25.8 Å². The summed E-state index contributed by atoms with van der Waals surface area (Å²) in [5.41, 5.74) is 2.82. The third-order valence-electron chi connectivity index (χ3n) is 5.79. The van der Waals surface area contributed by atoms with E-state index >= 15 is 0 Å². The number of rotatable bonds is 5. The predicted octanol–water partition coefficient (Wildman–Crippen LogP) is 2.08. The summed E-state index contributed by atoms with van der Waals surface area (Å²) >= 11 is 0. The van der Waals surface area contributed by atoms with Crippen molar-refractivity contribution in [2.75, 3.05) is 19.6 Å². The van der Waals surface area contributed by atoms with Gasteiger partial charge < -0.3 is 5.32 Å². The van der Waals surface area contributed by atoms with E-state index < -0.39 is 0 Å². The van der Waals surface area contributed by atoms with Crippen LogP contribution in [-0.4, -0.2) is 56.2 Å². The van der Waals surface area contributed by atoms with Gasteiger partial charge in [0.15, 0.2) is 5.65 Å². The van der Waals surface area contributed by atoms with Crippen LogP contribution in [0.2, 0.25) is 0 Å². The first-order chi connectivity index (χ1) is 12.7. The topological polar surface area (TPSA) is 75.9 Å². The van der Waals surface area contributed by atoms with E-state index in [1.54, 1.807) is 12.4 Å². The lowest BCUT2D eigenvalue weighted by molar-refractivity contribution is -0.118. The molecule has 140 valence electrons. The Morgan fingerprint density at radius 2 is 2.00 bits per heavy atom. The number of amides is 1. The molecular formula is C19H28N6O. The monoisotopic (exact) mass is 356 g/mol. The van der Waals surface area contributed by atoms with Crippen molar-refractivity contribution in [2.45, 2.75) is 64.0 Å². The molecule has 4 rings (SSSR count). The van der Waals surface area contributed by atoms with Crippen molar-refractivity contribution in [3.05, 3.63) is 18.1 Å². The van der Waals surface area contributed by atoms with Gasteiger partial charge in [-0.25, -0.2) is 14.6 Å². The van der Waals surface area contributed by atoms with Crippen LogP contribution in [0.25, 0.3) is 11.2 Å². The summed E-state index contributed by atoms with van der Waals surface area (Å²) in [5, 5.41) is 7.69. The summed E-state index contributed by atoms with van der Waals surface area (Å²) in [6, 6.07) is 0.757. The van der Waals surface area contributed by atoms with Gasteiger partial charge in [-0.1, -0.05) is 19.3 Å². The Kier molecular flexibility index (Phi) is 5.15. The van der Waals surface area contributed by atoms with Gasteiger partial charge in [-0.2, -0.15) is 5.10 Å². The molecule has 1 aliphatic heterocycles. The molecule has 0 unspecified atom stereocenters. The molecule has 2 aromatic rings. The van der Waals surface area contributed by atoms with Crippen LogP contribution >= 0.6 is 0 Å². The Morgan fingerprint density at radius 1 is 1.19 bits per heavy atom. The molecule has 1 amide bonds. The first-order valence-electron chi connectivity index (χ1n) is 9.88. The zero-order chi connectivity index (χ0) is 17.9. The number of carbonyl (C=O) groups is 1. The summed E-state index contributed by atoms with van der Waals surface area (Å²) in [6.45, 7) is 4.95. The van der Waals surface area contributed by atoms with Gasteiger partial charge in [-0.15, -0.1) is 0 Å². The van der Waals surface area contributed by atoms with Crippen molar-refractivity contribution in [1.29, 1.82) is 0 Å². The lowest BCUT2D eigenvalue weighted by atomic mass is 9.94. The van der Waals surface area contributed by atoms with E-state index in [9.17, 15) is 4.79 Å². The maximum absolute atomic E-state index is 11.1. The van der Waals surface area contributed by atoms with Crippen molar-refractivity contribution in [1.82, 2.24) is 30.0 Å². The summed E-state index contributed by atoms with van der Waals surface area (Å²) in [7, 11) is 0. The molecule has 2 aromatic heterocycles. The summed E-state index contributed by atoms with van der Waals surface area (Å²) < 4.78 is 1.90. The molecule has 0 spiro atoms. The molecule has 7 nitrogen and oxygen atoms in total. The van der Waals surface area contributed by atoms with E-state index in [1.165, 1.54) is 39.0 Å². The third kappa shape index (κ3) is 3.58. The SMILES string of the molecule is CC(=O)NCCn1nc([C@@H]2CCN(C3CCCCC3)C2)c2nccnc21. The normalized spacial score (nSPS) is 22.1. The van der Waals surface area contributed by atoms with E-state index in [4.69, 9.17) is 5.10 Å². The van der Waals surface area contributed by atoms with Gasteiger partial charge in [-0.3, -0.25) is 9.69 Å². The van der Waals surface area contributed by atoms with E-state index in [2.05, 4.69) is 20.2 Å². The van der Waals surface area contributed by atoms with Gasteiger partial charge in [0, 0.05) is 44.4 Å². The second-order valence-electron chi connectivity index (χ2n) is 7.59. The van der Waals surface area contributed by atoms with Crippen LogP contribution in [0.5, 0.6) is 0 Å². The average Bonchev–Trinajstić information content (AvgIpc) is 3.28. The fourth-order valence-electron chi connectivity index (χ4n) is 4.48. The molecule has 2 aliphatic rings. The highest BCUT2D eigenvalue weighted by Crippen LogP contribution is 2.34. The zero-order valence-electron chi connectivity index (χ0n) is 15.5. The molecule has 2 fully saturated rings. The molecular weight excluding hydrogens is 328 g/mol. The molecule has 1 saturated heterocycles. The molecule has 1 aliphatic carbocycles. The predicted molar refractivity (Wildman–Crippen MR) is 99.8 cm³/mol. The van der Waals surface area contributed by atoms with Gasteiger partial charge in [0.25, 0.3) is 0 Å². The number of hydrogen-bond donors (Lipinski definition) is 1. The third-order valence-corrected chi connectivity index (χ3v) is 5.79. The minimum Gasteiger partial charge on any atom is -0.354 e. The molecule has 0 aromatic carbocycles. The lowest BCUT2D eigenvalue weighted by Crippen LogP contribution is -2.34. The van der Waals surface area contributed by atoms with Gasteiger partial charge in [0.1, 0.15) is 5.52 Å². The summed E-state index contributed by atoms with van der Waals surface area (Å²) in [5.74, 6) is 0.407. The Bertz CT molecular complexity index is 766. The summed E-state index contributed by atoms with van der Waals surface area (Å²) in [4.78, 5) is 22.9. The van der Waals surface area contributed by atoms with Crippen LogP contribution in [0, 0.1) is 0 Å². The van der Waals surface area contributed by atoms with Gasteiger partial charge >= 0.3 is 0 Å². The molecule has 0 radical (unpaired) electrons. The highest BCUT2D eigenvalue weighted by molar-refractivity contribution is 5.74. The molecule has 1 saturated carbocycles. The van der Waals surface area contributed by atoms with Crippen LogP contribution in [0.1, 0.15) is 57.1 Å². The molecule has 26 heavy (non-hydrogen) atoms. The van der Waals surface area contributed by atoms with Crippen LogP contribution in [-0.2, 0) is 11.3 Å². The van der Waals surface area contributed by atoms with Crippen LogP contribution in [0.15, 0.2) is 12.4 Å². The lowest BCUT2D eigenvalue weighted by Gasteiger charge is -2.30.